The van der Waals surface area contributed by atoms with Crippen molar-refractivity contribution in [2.45, 2.75) is 30.7 Å². The van der Waals surface area contributed by atoms with Gasteiger partial charge in [-0.2, -0.15) is 0 Å². The van der Waals surface area contributed by atoms with Gasteiger partial charge in [0.15, 0.2) is 0 Å². The van der Waals surface area contributed by atoms with Crippen LogP contribution < -0.4 is 5.73 Å². The van der Waals surface area contributed by atoms with E-state index in [1.54, 1.807) is 25.4 Å². The minimum Gasteiger partial charge on any atom is -0.325 e. The summed E-state index contributed by atoms with van der Waals surface area (Å²) in [6.07, 6.45) is 5.01. The molecular weight excluding hydrogens is 250 g/mol. The first-order chi connectivity index (χ1) is 8.55. The van der Waals surface area contributed by atoms with Gasteiger partial charge in [-0.3, -0.25) is 4.98 Å². The summed E-state index contributed by atoms with van der Waals surface area (Å²) < 4.78 is 26.3. The number of nitrogens with zero attached hydrogens (tertiary/aromatic N) is 2. The van der Waals surface area contributed by atoms with E-state index in [1.165, 1.54) is 10.7 Å². The maximum Gasteiger partial charge on any atom is 0.244 e. The standard InChI is InChI=1S/C12H19N3O2S/c1-15(9-10-4-2-5-10)18(16,17)12-6-3-7-14-11(12)8-13/h3,6-7,10H,2,4-5,8-9,13H2,1H3. The highest BCUT2D eigenvalue weighted by Gasteiger charge is 2.28. The molecule has 0 aromatic carbocycles. The van der Waals surface area contributed by atoms with Crippen LogP contribution in [0.1, 0.15) is 25.0 Å². The molecule has 0 spiro atoms. The van der Waals surface area contributed by atoms with Gasteiger partial charge in [-0.25, -0.2) is 12.7 Å². The van der Waals surface area contributed by atoms with E-state index in [0.717, 1.165) is 12.8 Å². The Kier molecular flexibility index (Phi) is 3.99. The third-order valence-electron chi connectivity index (χ3n) is 3.47. The van der Waals surface area contributed by atoms with Crippen LogP contribution in [0.25, 0.3) is 0 Å². The first-order valence-corrected chi connectivity index (χ1v) is 7.60. The lowest BCUT2D eigenvalue weighted by molar-refractivity contribution is 0.263. The summed E-state index contributed by atoms with van der Waals surface area (Å²) in [6, 6.07) is 3.20. The van der Waals surface area contributed by atoms with Crippen LogP contribution in [-0.2, 0) is 16.6 Å². The van der Waals surface area contributed by atoms with Gasteiger partial charge in [0.25, 0.3) is 0 Å². The van der Waals surface area contributed by atoms with Gasteiger partial charge in [0, 0.05) is 26.3 Å². The fraction of sp³-hybridized carbons (Fsp3) is 0.583. The van der Waals surface area contributed by atoms with E-state index < -0.39 is 10.0 Å². The van der Waals surface area contributed by atoms with E-state index in [4.69, 9.17) is 5.73 Å². The van der Waals surface area contributed by atoms with E-state index in [-0.39, 0.29) is 11.4 Å². The summed E-state index contributed by atoms with van der Waals surface area (Å²) in [4.78, 5) is 4.26. The van der Waals surface area contributed by atoms with Crippen molar-refractivity contribution in [1.82, 2.24) is 9.29 Å². The number of nitrogens with two attached hydrogens (primary N) is 1. The van der Waals surface area contributed by atoms with Gasteiger partial charge in [0.1, 0.15) is 4.90 Å². The molecule has 1 aliphatic rings. The van der Waals surface area contributed by atoms with Crippen LogP contribution >= 0.6 is 0 Å². The molecule has 0 atom stereocenters. The van der Waals surface area contributed by atoms with Gasteiger partial charge in [-0.1, -0.05) is 6.42 Å². The lowest BCUT2D eigenvalue weighted by Crippen LogP contribution is -2.35. The minimum absolute atomic E-state index is 0.132. The van der Waals surface area contributed by atoms with E-state index in [2.05, 4.69) is 4.98 Å². The van der Waals surface area contributed by atoms with E-state index in [0.29, 0.717) is 18.2 Å². The van der Waals surface area contributed by atoms with Gasteiger partial charge < -0.3 is 5.73 Å². The van der Waals surface area contributed by atoms with Crippen molar-refractivity contribution in [3.8, 4) is 0 Å². The Morgan fingerprint density at radius 3 is 2.78 bits per heavy atom. The summed E-state index contributed by atoms with van der Waals surface area (Å²) in [5, 5.41) is 0. The van der Waals surface area contributed by atoms with Crippen molar-refractivity contribution in [2.24, 2.45) is 11.7 Å². The van der Waals surface area contributed by atoms with E-state index in [1.807, 2.05) is 0 Å². The molecule has 0 unspecified atom stereocenters. The number of hydrogen-bond acceptors (Lipinski definition) is 4. The molecule has 0 aliphatic heterocycles. The average molecular weight is 269 g/mol. The van der Waals surface area contributed by atoms with Gasteiger partial charge in [-0.15, -0.1) is 0 Å². The van der Waals surface area contributed by atoms with Crippen LogP contribution in [0.5, 0.6) is 0 Å². The highest BCUT2D eigenvalue weighted by Crippen LogP contribution is 2.28. The molecular formula is C12H19N3O2S. The lowest BCUT2D eigenvalue weighted by Gasteiger charge is -2.29. The lowest BCUT2D eigenvalue weighted by atomic mass is 9.86. The van der Waals surface area contributed by atoms with Crippen LogP contribution in [0.15, 0.2) is 23.2 Å². The fourth-order valence-electron chi connectivity index (χ4n) is 2.12. The SMILES string of the molecule is CN(CC1CCC1)S(=O)(=O)c1cccnc1CN. The number of rotatable bonds is 5. The summed E-state index contributed by atoms with van der Waals surface area (Å²) in [5.74, 6) is 0.503. The molecule has 0 radical (unpaired) electrons. The molecule has 0 amide bonds. The topological polar surface area (TPSA) is 76.3 Å². The van der Waals surface area contributed by atoms with E-state index >= 15 is 0 Å². The zero-order chi connectivity index (χ0) is 13.2. The summed E-state index contributed by atoms with van der Waals surface area (Å²) in [7, 11) is -1.84. The number of hydrogen-bond donors (Lipinski definition) is 1. The van der Waals surface area contributed by atoms with E-state index in [9.17, 15) is 8.42 Å². The van der Waals surface area contributed by atoms with Crippen LogP contribution in [0, 0.1) is 5.92 Å². The summed E-state index contributed by atoms with van der Waals surface area (Å²) in [6.45, 7) is 0.716. The first kappa shape index (κ1) is 13.5. The van der Waals surface area contributed by atoms with Gasteiger partial charge in [-0.05, 0) is 30.9 Å². The molecule has 1 fully saturated rings. The molecule has 0 bridgehead atoms. The number of aromatic nitrogens is 1. The largest absolute Gasteiger partial charge is 0.325 e. The van der Waals surface area contributed by atoms with Crippen molar-refractivity contribution < 1.29 is 8.42 Å². The van der Waals surface area contributed by atoms with Gasteiger partial charge in [0.2, 0.25) is 10.0 Å². The summed E-state index contributed by atoms with van der Waals surface area (Å²) >= 11 is 0. The van der Waals surface area contributed by atoms with Crippen molar-refractivity contribution in [3.63, 3.8) is 0 Å². The Bertz CT molecular complexity index is 512. The Morgan fingerprint density at radius 1 is 1.50 bits per heavy atom. The fourth-order valence-corrected chi connectivity index (χ4v) is 3.54. The Labute approximate surface area is 108 Å². The Balaban J connectivity index is 2.23. The van der Waals surface area contributed by atoms with Crippen molar-refractivity contribution in [1.29, 1.82) is 0 Å². The number of sulfonamides is 1. The molecule has 1 saturated carbocycles. The third kappa shape index (κ3) is 2.55. The van der Waals surface area contributed by atoms with Crippen LogP contribution in [0.2, 0.25) is 0 Å². The normalized spacial score (nSPS) is 16.8. The monoisotopic (exact) mass is 269 g/mol. The summed E-state index contributed by atoms with van der Waals surface area (Å²) in [5.41, 5.74) is 5.97. The van der Waals surface area contributed by atoms with Crippen LogP contribution in [0.4, 0.5) is 0 Å². The maximum absolute atomic E-state index is 12.4. The average Bonchev–Trinajstić information content (AvgIpc) is 2.33. The minimum atomic E-state index is -3.46. The molecule has 0 saturated heterocycles. The second-order valence-corrected chi connectivity index (χ2v) is 6.75. The predicted molar refractivity (Wildman–Crippen MR) is 69.3 cm³/mol. The Hall–Kier alpha value is -0.980. The molecule has 5 nitrogen and oxygen atoms in total. The molecule has 1 aliphatic carbocycles. The molecule has 100 valence electrons. The molecule has 2 N–H and O–H groups in total. The van der Waals surface area contributed by atoms with Crippen molar-refractivity contribution >= 4 is 10.0 Å². The Morgan fingerprint density at radius 2 is 2.22 bits per heavy atom. The third-order valence-corrected chi connectivity index (χ3v) is 5.37. The quantitative estimate of drug-likeness (QED) is 0.864. The molecule has 2 rings (SSSR count). The van der Waals surface area contributed by atoms with Crippen LogP contribution in [-0.4, -0.2) is 31.3 Å². The first-order valence-electron chi connectivity index (χ1n) is 6.16. The molecule has 18 heavy (non-hydrogen) atoms. The smallest absolute Gasteiger partial charge is 0.244 e. The maximum atomic E-state index is 12.4. The number of pyridine rings is 1. The second-order valence-electron chi connectivity index (χ2n) is 4.73. The molecule has 1 heterocycles. The zero-order valence-corrected chi connectivity index (χ0v) is 11.4. The molecule has 6 heteroatoms. The second kappa shape index (κ2) is 5.34. The van der Waals surface area contributed by atoms with Crippen molar-refractivity contribution in [2.75, 3.05) is 13.6 Å². The highest BCUT2D eigenvalue weighted by molar-refractivity contribution is 7.89. The molecule has 1 aromatic rings. The molecule has 1 aromatic heterocycles. The van der Waals surface area contributed by atoms with Crippen molar-refractivity contribution in [3.05, 3.63) is 24.0 Å². The van der Waals surface area contributed by atoms with Crippen LogP contribution in [0.3, 0.4) is 0 Å². The van der Waals surface area contributed by atoms with Gasteiger partial charge >= 0.3 is 0 Å². The zero-order valence-electron chi connectivity index (χ0n) is 10.5. The van der Waals surface area contributed by atoms with Gasteiger partial charge in [0.05, 0.1) is 5.69 Å². The predicted octanol–water partition coefficient (Wildman–Crippen LogP) is 0.961. The highest BCUT2D eigenvalue weighted by atomic mass is 32.2.